The molecule has 3 heteroatoms. The molecule has 0 spiro atoms. The maximum Gasteiger partial charge on any atom is 0.0989 e. The molecule has 29 heavy (non-hydrogen) atoms. The van der Waals surface area contributed by atoms with Gasteiger partial charge >= 0.3 is 0 Å². The Kier molecular flexibility index (Phi) is 4.36. The van der Waals surface area contributed by atoms with Crippen LogP contribution in [0.2, 0.25) is 0 Å². The molecule has 3 aromatic carbocycles. The lowest BCUT2D eigenvalue weighted by Crippen LogP contribution is -2.52. The molecule has 3 aromatic rings. The molecule has 2 N–H and O–H groups in total. The minimum atomic E-state index is -0.768. The van der Waals surface area contributed by atoms with Crippen LogP contribution < -0.4 is 0 Å². The van der Waals surface area contributed by atoms with Gasteiger partial charge in [0.1, 0.15) is 0 Å². The van der Waals surface area contributed by atoms with Gasteiger partial charge in [0.2, 0.25) is 0 Å². The van der Waals surface area contributed by atoms with E-state index >= 15 is 0 Å². The monoisotopic (exact) mass is 385 g/mol. The van der Waals surface area contributed by atoms with Crippen molar-refractivity contribution < 1.29 is 10.2 Å². The van der Waals surface area contributed by atoms with Crippen LogP contribution in [0.4, 0.5) is 0 Å². The molecule has 0 amide bonds. The Bertz CT molecular complexity index is 984. The Morgan fingerprint density at radius 2 is 1.31 bits per heavy atom. The molecule has 0 unspecified atom stereocenters. The summed E-state index contributed by atoms with van der Waals surface area (Å²) < 4.78 is 0. The molecular formula is C26H27NO2. The minimum absolute atomic E-state index is 0.149. The number of likely N-dealkylation sites (tertiary alicyclic amines) is 1. The fourth-order valence-electron chi connectivity index (χ4n) is 5.64. The highest BCUT2D eigenvalue weighted by molar-refractivity contribution is 5.83. The number of hydrogen-bond acceptors (Lipinski definition) is 3. The molecule has 3 atom stereocenters. The third-order valence-electron chi connectivity index (χ3n) is 6.72. The van der Waals surface area contributed by atoms with Crippen molar-refractivity contribution in [3.63, 3.8) is 0 Å². The van der Waals surface area contributed by atoms with Crippen molar-refractivity contribution in [2.75, 3.05) is 6.54 Å². The van der Waals surface area contributed by atoms with Crippen LogP contribution >= 0.6 is 0 Å². The van der Waals surface area contributed by atoms with Crippen LogP contribution in [0.5, 0.6) is 0 Å². The number of β-amino-alcohol motifs (C(OH)–C–C–N with tert-alkyl or cyclic N) is 1. The topological polar surface area (TPSA) is 43.7 Å². The zero-order valence-electron chi connectivity index (χ0n) is 16.9. The average molecular weight is 386 g/mol. The van der Waals surface area contributed by atoms with Gasteiger partial charge in [0.05, 0.1) is 17.7 Å². The summed E-state index contributed by atoms with van der Waals surface area (Å²) in [5.74, 6) is 0.197. The number of rotatable bonds is 3. The number of fused-ring (bicyclic) bond motifs is 3. The maximum atomic E-state index is 10.9. The predicted octanol–water partition coefficient (Wildman–Crippen LogP) is 4.02. The summed E-state index contributed by atoms with van der Waals surface area (Å²) in [7, 11) is 0. The molecule has 1 aliphatic heterocycles. The highest BCUT2D eigenvalue weighted by atomic mass is 16.3. The van der Waals surface area contributed by atoms with Crippen molar-refractivity contribution in [1.82, 2.24) is 4.90 Å². The van der Waals surface area contributed by atoms with Crippen LogP contribution in [-0.4, -0.2) is 39.9 Å². The van der Waals surface area contributed by atoms with Gasteiger partial charge in [-0.25, -0.2) is 0 Å². The second-order valence-corrected chi connectivity index (χ2v) is 8.61. The first-order valence-electron chi connectivity index (χ1n) is 10.4. The van der Waals surface area contributed by atoms with Gasteiger partial charge in [0.25, 0.3) is 0 Å². The van der Waals surface area contributed by atoms with Gasteiger partial charge < -0.3 is 10.2 Å². The van der Waals surface area contributed by atoms with Crippen LogP contribution in [0, 0.1) is 5.92 Å². The van der Waals surface area contributed by atoms with Crippen molar-refractivity contribution in [1.29, 1.82) is 0 Å². The number of aliphatic hydroxyl groups is 2. The van der Waals surface area contributed by atoms with Crippen molar-refractivity contribution >= 4 is 0 Å². The predicted molar refractivity (Wildman–Crippen MR) is 116 cm³/mol. The molecule has 1 saturated heterocycles. The normalized spacial score (nSPS) is 25.2. The molecule has 148 valence electrons. The van der Waals surface area contributed by atoms with E-state index in [0.29, 0.717) is 6.54 Å². The zero-order chi connectivity index (χ0) is 20.2. The Hall–Kier alpha value is -2.46. The standard InChI is InChI=1S/C26H27NO2/c1-17(2)24-25(29)23(28)16-27(24)26(18-10-4-3-5-11-18)21-14-8-6-12-19(21)20-13-7-9-15-22(20)26/h3-15,17,23-25,28-29H,16H2,1-2H3/t23-,24-,25+/m0/s1. The molecular weight excluding hydrogens is 358 g/mol. The van der Waals surface area contributed by atoms with Gasteiger partial charge in [-0.3, -0.25) is 4.90 Å². The Morgan fingerprint density at radius 3 is 1.86 bits per heavy atom. The molecule has 0 radical (unpaired) electrons. The number of nitrogens with zero attached hydrogens (tertiary/aromatic N) is 1. The first-order chi connectivity index (χ1) is 14.1. The van der Waals surface area contributed by atoms with E-state index in [-0.39, 0.29) is 12.0 Å². The summed E-state index contributed by atoms with van der Waals surface area (Å²) in [4.78, 5) is 2.35. The van der Waals surface area contributed by atoms with Crippen LogP contribution in [-0.2, 0) is 5.54 Å². The molecule has 0 bridgehead atoms. The fraction of sp³-hybridized carbons (Fsp3) is 0.308. The molecule has 1 fully saturated rings. The van der Waals surface area contributed by atoms with E-state index in [1.165, 1.54) is 27.8 Å². The highest BCUT2D eigenvalue weighted by Gasteiger charge is 2.56. The zero-order valence-corrected chi connectivity index (χ0v) is 16.9. The molecule has 3 nitrogen and oxygen atoms in total. The number of hydrogen-bond donors (Lipinski definition) is 2. The van der Waals surface area contributed by atoms with Gasteiger partial charge in [-0.2, -0.15) is 0 Å². The van der Waals surface area contributed by atoms with Crippen molar-refractivity contribution in [2.45, 2.75) is 37.6 Å². The van der Waals surface area contributed by atoms with E-state index in [2.05, 4.69) is 91.5 Å². The van der Waals surface area contributed by atoms with Crippen molar-refractivity contribution in [3.8, 4) is 11.1 Å². The number of aliphatic hydroxyl groups excluding tert-OH is 2. The summed E-state index contributed by atoms with van der Waals surface area (Å²) in [6.07, 6.45) is -1.53. The van der Waals surface area contributed by atoms with Crippen LogP contribution in [0.15, 0.2) is 78.9 Å². The molecule has 0 aromatic heterocycles. The van der Waals surface area contributed by atoms with E-state index in [4.69, 9.17) is 0 Å². The van der Waals surface area contributed by atoms with Gasteiger partial charge in [-0.05, 0) is 33.7 Å². The lowest BCUT2D eigenvalue weighted by atomic mass is 9.77. The number of benzene rings is 3. The Morgan fingerprint density at radius 1 is 0.793 bits per heavy atom. The maximum absolute atomic E-state index is 10.9. The Balaban J connectivity index is 1.88. The van der Waals surface area contributed by atoms with E-state index in [1.54, 1.807) is 0 Å². The molecule has 1 heterocycles. The van der Waals surface area contributed by atoms with Gasteiger partial charge in [0.15, 0.2) is 0 Å². The third kappa shape index (κ3) is 2.48. The molecule has 2 aliphatic rings. The average Bonchev–Trinajstić information content (AvgIpc) is 3.21. The van der Waals surface area contributed by atoms with Gasteiger partial charge in [-0.1, -0.05) is 92.7 Å². The SMILES string of the molecule is CC(C)[C@H]1[C@H](O)[C@@H](O)CN1C1(c2ccccc2)c2ccccc2-c2ccccc21. The van der Waals surface area contributed by atoms with E-state index in [0.717, 1.165) is 0 Å². The third-order valence-corrected chi connectivity index (χ3v) is 6.72. The van der Waals surface area contributed by atoms with Gasteiger partial charge in [-0.15, -0.1) is 0 Å². The Labute approximate surface area is 172 Å². The molecule has 5 rings (SSSR count). The summed E-state index contributed by atoms with van der Waals surface area (Å²) in [5, 5.41) is 21.6. The first-order valence-corrected chi connectivity index (χ1v) is 10.4. The summed E-state index contributed by atoms with van der Waals surface area (Å²) >= 11 is 0. The van der Waals surface area contributed by atoms with Crippen molar-refractivity contribution in [2.24, 2.45) is 5.92 Å². The molecule has 0 saturated carbocycles. The summed E-state index contributed by atoms with van der Waals surface area (Å²) in [5.41, 5.74) is 5.53. The highest BCUT2D eigenvalue weighted by Crippen LogP contribution is 2.56. The smallest absolute Gasteiger partial charge is 0.0989 e. The van der Waals surface area contributed by atoms with Crippen LogP contribution in [0.25, 0.3) is 11.1 Å². The van der Waals surface area contributed by atoms with E-state index in [9.17, 15) is 10.2 Å². The quantitative estimate of drug-likeness (QED) is 0.716. The fourth-order valence-corrected chi connectivity index (χ4v) is 5.64. The lowest BCUT2D eigenvalue weighted by molar-refractivity contribution is 0.0179. The largest absolute Gasteiger partial charge is 0.389 e. The first kappa shape index (κ1) is 18.6. The van der Waals surface area contributed by atoms with E-state index in [1.807, 2.05) is 6.07 Å². The van der Waals surface area contributed by atoms with Crippen LogP contribution in [0.3, 0.4) is 0 Å². The minimum Gasteiger partial charge on any atom is -0.389 e. The lowest BCUT2D eigenvalue weighted by Gasteiger charge is -2.46. The summed E-state index contributed by atoms with van der Waals surface area (Å²) in [6.45, 7) is 4.69. The molecule has 1 aliphatic carbocycles. The van der Waals surface area contributed by atoms with Gasteiger partial charge in [0, 0.05) is 12.6 Å². The second kappa shape index (κ2) is 6.81. The second-order valence-electron chi connectivity index (χ2n) is 8.61. The van der Waals surface area contributed by atoms with Crippen LogP contribution in [0.1, 0.15) is 30.5 Å². The van der Waals surface area contributed by atoms with E-state index < -0.39 is 17.7 Å². The van der Waals surface area contributed by atoms with Crippen molar-refractivity contribution in [3.05, 3.63) is 95.6 Å². The summed E-state index contributed by atoms with van der Waals surface area (Å²) in [6, 6.07) is 27.5.